The molecule has 1 N–H and O–H groups in total. The molecule has 0 fully saturated rings. The van der Waals surface area contributed by atoms with Crippen molar-refractivity contribution in [3.63, 3.8) is 0 Å². The maximum absolute atomic E-state index is 10.1. The van der Waals surface area contributed by atoms with Crippen LogP contribution in [-0.2, 0) is 4.84 Å². The van der Waals surface area contributed by atoms with Crippen molar-refractivity contribution in [2.24, 2.45) is 5.16 Å². The predicted molar refractivity (Wildman–Crippen MR) is 85.4 cm³/mol. The van der Waals surface area contributed by atoms with Crippen molar-refractivity contribution in [2.45, 2.75) is 32.0 Å². The first kappa shape index (κ1) is 15.7. The number of likely N-dealkylation sites (N-methyl/N-ethyl adjacent to an activating group) is 1. The van der Waals surface area contributed by atoms with E-state index < -0.39 is 5.60 Å². The average molecular weight is 288 g/mol. The van der Waals surface area contributed by atoms with Gasteiger partial charge < -0.3 is 9.94 Å². The summed E-state index contributed by atoms with van der Waals surface area (Å²) in [5, 5.41) is 14.3. The fourth-order valence-electron chi connectivity index (χ4n) is 2.44. The molecule has 0 aliphatic carbocycles. The number of oxime groups is 1. The molecule has 4 heteroatoms. The number of nitrogens with zero attached hydrogens (tertiary/aromatic N) is 2. The van der Waals surface area contributed by atoms with Gasteiger partial charge in [-0.1, -0.05) is 48.5 Å². The standard InChI is InChI=1S/C17H24N2O2/c1-4-17(3,20)13-19(5-2)12-15-11-16(18-21-15)14-9-7-6-8-10-14/h4,6-10,15,20H,1,5,11-13H2,2-3H3/t15-,17-/m1/s1. The number of rotatable bonds is 7. The Bertz CT molecular complexity index is 497. The number of hydrogen-bond donors (Lipinski definition) is 1. The lowest BCUT2D eigenvalue weighted by molar-refractivity contribution is 0.0200. The van der Waals surface area contributed by atoms with Crippen molar-refractivity contribution in [3.8, 4) is 0 Å². The lowest BCUT2D eigenvalue weighted by Crippen LogP contribution is -2.42. The smallest absolute Gasteiger partial charge is 0.145 e. The molecule has 21 heavy (non-hydrogen) atoms. The van der Waals surface area contributed by atoms with E-state index in [0.717, 1.165) is 30.8 Å². The Hall–Kier alpha value is -1.65. The van der Waals surface area contributed by atoms with Gasteiger partial charge >= 0.3 is 0 Å². The molecule has 1 aromatic rings. The van der Waals surface area contributed by atoms with Gasteiger partial charge in [-0.2, -0.15) is 0 Å². The Morgan fingerprint density at radius 1 is 1.48 bits per heavy atom. The molecule has 2 atom stereocenters. The summed E-state index contributed by atoms with van der Waals surface area (Å²) in [7, 11) is 0. The second kappa shape index (κ2) is 6.87. The van der Waals surface area contributed by atoms with Crippen molar-refractivity contribution >= 4 is 5.71 Å². The van der Waals surface area contributed by atoms with Crippen molar-refractivity contribution < 1.29 is 9.94 Å². The quantitative estimate of drug-likeness (QED) is 0.784. The van der Waals surface area contributed by atoms with Gasteiger partial charge in [0.2, 0.25) is 0 Å². The van der Waals surface area contributed by atoms with Gasteiger partial charge in [-0.05, 0) is 19.0 Å². The minimum absolute atomic E-state index is 0.0424. The summed E-state index contributed by atoms with van der Waals surface area (Å²) in [4.78, 5) is 7.70. The minimum Gasteiger partial charge on any atom is -0.390 e. The molecule has 1 aliphatic heterocycles. The van der Waals surface area contributed by atoms with E-state index in [1.165, 1.54) is 0 Å². The minimum atomic E-state index is -0.877. The Morgan fingerprint density at radius 3 is 2.81 bits per heavy atom. The van der Waals surface area contributed by atoms with Crippen LogP contribution in [-0.4, -0.2) is 47.1 Å². The largest absolute Gasteiger partial charge is 0.390 e. The summed E-state index contributed by atoms with van der Waals surface area (Å²) in [5.74, 6) is 0. The molecule has 4 nitrogen and oxygen atoms in total. The molecule has 0 saturated carbocycles. The van der Waals surface area contributed by atoms with Gasteiger partial charge in [0.05, 0.1) is 11.3 Å². The zero-order chi connectivity index (χ0) is 15.3. The topological polar surface area (TPSA) is 45.1 Å². The van der Waals surface area contributed by atoms with Gasteiger partial charge in [0.25, 0.3) is 0 Å². The van der Waals surface area contributed by atoms with Crippen LogP contribution in [0.25, 0.3) is 0 Å². The van der Waals surface area contributed by atoms with Crippen LogP contribution in [0.3, 0.4) is 0 Å². The summed E-state index contributed by atoms with van der Waals surface area (Å²) in [5.41, 5.74) is 1.23. The van der Waals surface area contributed by atoms with Crippen LogP contribution < -0.4 is 0 Å². The zero-order valence-corrected chi connectivity index (χ0v) is 12.8. The van der Waals surface area contributed by atoms with Crippen LogP contribution in [0.4, 0.5) is 0 Å². The normalized spacial score (nSPS) is 20.8. The van der Waals surface area contributed by atoms with Crippen molar-refractivity contribution in [2.75, 3.05) is 19.6 Å². The Balaban J connectivity index is 1.89. The van der Waals surface area contributed by atoms with Gasteiger partial charge in [0.15, 0.2) is 0 Å². The molecule has 0 saturated heterocycles. The second-order valence-corrected chi connectivity index (χ2v) is 5.72. The first-order chi connectivity index (χ1) is 10.0. The van der Waals surface area contributed by atoms with Crippen LogP contribution in [0.2, 0.25) is 0 Å². The molecular weight excluding hydrogens is 264 g/mol. The third kappa shape index (κ3) is 4.41. The highest BCUT2D eigenvalue weighted by molar-refractivity contribution is 6.01. The molecule has 0 unspecified atom stereocenters. The van der Waals surface area contributed by atoms with Gasteiger partial charge in [-0.15, -0.1) is 6.58 Å². The van der Waals surface area contributed by atoms with E-state index in [-0.39, 0.29) is 6.10 Å². The van der Waals surface area contributed by atoms with Gasteiger partial charge in [-0.25, -0.2) is 0 Å². The fourth-order valence-corrected chi connectivity index (χ4v) is 2.44. The molecule has 114 valence electrons. The fraction of sp³-hybridized carbons (Fsp3) is 0.471. The van der Waals surface area contributed by atoms with E-state index in [1.807, 2.05) is 30.3 Å². The summed E-state index contributed by atoms with van der Waals surface area (Å²) < 4.78 is 0. The highest BCUT2D eigenvalue weighted by atomic mass is 16.6. The first-order valence-electron chi connectivity index (χ1n) is 7.40. The van der Waals surface area contributed by atoms with Crippen LogP contribution in [0, 0.1) is 0 Å². The van der Waals surface area contributed by atoms with Gasteiger partial charge in [0, 0.05) is 19.5 Å². The summed E-state index contributed by atoms with van der Waals surface area (Å²) in [6.07, 6.45) is 2.43. The van der Waals surface area contributed by atoms with E-state index in [0.29, 0.717) is 6.54 Å². The lowest BCUT2D eigenvalue weighted by atomic mass is 10.0. The van der Waals surface area contributed by atoms with Gasteiger partial charge in [-0.3, -0.25) is 4.90 Å². The zero-order valence-electron chi connectivity index (χ0n) is 12.8. The van der Waals surface area contributed by atoms with E-state index >= 15 is 0 Å². The number of benzene rings is 1. The summed E-state index contributed by atoms with van der Waals surface area (Å²) in [6.45, 7) is 9.67. The van der Waals surface area contributed by atoms with E-state index in [4.69, 9.17) is 4.84 Å². The molecule has 1 aromatic carbocycles. The third-order valence-corrected chi connectivity index (χ3v) is 3.73. The Kier molecular flexibility index (Phi) is 5.15. The molecular formula is C17H24N2O2. The number of hydrogen-bond acceptors (Lipinski definition) is 4. The van der Waals surface area contributed by atoms with E-state index in [1.54, 1.807) is 13.0 Å². The van der Waals surface area contributed by atoms with Crippen molar-refractivity contribution in [3.05, 3.63) is 48.6 Å². The average Bonchev–Trinajstić information content (AvgIpc) is 2.96. The van der Waals surface area contributed by atoms with Crippen molar-refractivity contribution in [1.82, 2.24) is 4.90 Å². The molecule has 0 aromatic heterocycles. The SMILES string of the molecule is C=C[C@@](C)(O)CN(CC)C[C@H]1CC(c2ccccc2)=NO1. The highest BCUT2D eigenvalue weighted by Crippen LogP contribution is 2.18. The van der Waals surface area contributed by atoms with Crippen LogP contribution in [0.15, 0.2) is 48.1 Å². The second-order valence-electron chi connectivity index (χ2n) is 5.72. The molecule has 0 bridgehead atoms. The highest BCUT2D eigenvalue weighted by Gasteiger charge is 2.26. The lowest BCUT2D eigenvalue weighted by Gasteiger charge is -2.29. The molecule has 1 heterocycles. The predicted octanol–water partition coefficient (Wildman–Crippen LogP) is 2.44. The number of aliphatic hydroxyl groups is 1. The molecule has 0 amide bonds. The van der Waals surface area contributed by atoms with Crippen LogP contribution in [0.1, 0.15) is 25.8 Å². The van der Waals surface area contributed by atoms with Crippen molar-refractivity contribution in [1.29, 1.82) is 0 Å². The van der Waals surface area contributed by atoms with E-state index in [2.05, 4.69) is 23.6 Å². The third-order valence-electron chi connectivity index (χ3n) is 3.73. The monoisotopic (exact) mass is 288 g/mol. The molecule has 0 spiro atoms. The molecule has 1 aliphatic rings. The van der Waals surface area contributed by atoms with Crippen LogP contribution >= 0.6 is 0 Å². The summed E-state index contributed by atoms with van der Waals surface area (Å²) in [6, 6.07) is 10.1. The maximum Gasteiger partial charge on any atom is 0.145 e. The van der Waals surface area contributed by atoms with E-state index in [9.17, 15) is 5.11 Å². The Morgan fingerprint density at radius 2 is 2.19 bits per heavy atom. The first-order valence-corrected chi connectivity index (χ1v) is 7.40. The maximum atomic E-state index is 10.1. The molecule has 0 radical (unpaired) electrons. The van der Waals surface area contributed by atoms with Gasteiger partial charge in [0.1, 0.15) is 6.10 Å². The molecule has 2 rings (SSSR count). The Labute approximate surface area is 126 Å². The summed E-state index contributed by atoms with van der Waals surface area (Å²) >= 11 is 0. The van der Waals surface area contributed by atoms with Crippen LogP contribution in [0.5, 0.6) is 0 Å².